The number of likely N-dealkylation sites (tertiary alicyclic amines) is 2. The highest BCUT2D eigenvalue weighted by Gasteiger charge is 2.25. The summed E-state index contributed by atoms with van der Waals surface area (Å²) in [6, 6.07) is 19.1. The SMILES string of the molecule is CN=C(NCc1ccccc1CN1CCCC1=O)N1CCC(CSc2ccccc2)C1. The van der Waals surface area contributed by atoms with Gasteiger partial charge in [-0.15, -0.1) is 11.8 Å². The van der Waals surface area contributed by atoms with Crippen LogP contribution in [0.15, 0.2) is 64.5 Å². The van der Waals surface area contributed by atoms with Gasteiger partial charge in [0.15, 0.2) is 5.96 Å². The van der Waals surface area contributed by atoms with E-state index in [0.717, 1.165) is 44.3 Å². The lowest BCUT2D eigenvalue weighted by Crippen LogP contribution is -2.40. The molecule has 5 nitrogen and oxygen atoms in total. The Morgan fingerprint density at radius 3 is 2.61 bits per heavy atom. The van der Waals surface area contributed by atoms with Gasteiger partial charge in [-0.2, -0.15) is 0 Å². The Balaban J connectivity index is 1.29. The van der Waals surface area contributed by atoms with E-state index in [2.05, 4.69) is 69.8 Å². The second-order valence-corrected chi connectivity index (χ2v) is 9.41. The molecule has 2 aliphatic heterocycles. The molecular formula is C25H32N4OS. The third-order valence-electron chi connectivity index (χ3n) is 6.11. The molecule has 2 aromatic carbocycles. The third kappa shape index (κ3) is 5.82. The van der Waals surface area contributed by atoms with E-state index in [4.69, 9.17) is 0 Å². The first-order valence-electron chi connectivity index (χ1n) is 11.2. The summed E-state index contributed by atoms with van der Waals surface area (Å²) >= 11 is 1.95. The van der Waals surface area contributed by atoms with Crippen molar-refractivity contribution in [1.29, 1.82) is 0 Å². The Morgan fingerprint density at radius 1 is 1.10 bits per heavy atom. The van der Waals surface area contributed by atoms with Crippen molar-refractivity contribution < 1.29 is 4.79 Å². The molecule has 6 heteroatoms. The van der Waals surface area contributed by atoms with Gasteiger partial charge in [0, 0.05) is 56.8 Å². The third-order valence-corrected chi connectivity index (χ3v) is 7.36. The minimum atomic E-state index is 0.273. The standard InChI is InChI=1S/C25H32N4OS/c1-26-25(29-15-13-20(17-29)19-31-23-10-3-2-4-11-23)27-16-21-8-5-6-9-22(21)18-28-14-7-12-24(28)30/h2-6,8-11,20H,7,12-19H2,1H3,(H,26,27). The van der Waals surface area contributed by atoms with Crippen LogP contribution in [0.25, 0.3) is 0 Å². The average Bonchev–Trinajstić information content (AvgIpc) is 3.44. The first-order chi connectivity index (χ1) is 15.2. The van der Waals surface area contributed by atoms with Crippen LogP contribution in [0.3, 0.4) is 0 Å². The Labute approximate surface area is 189 Å². The monoisotopic (exact) mass is 436 g/mol. The van der Waals surface area contributed by atoms with E-state index in [-0.39, 0.29) is 5.91 Å². The van der Waals surface area contributed by atoms with E-state index in [1.807, 2.05) is 23.7 Å². The highest BCUT2D eigenvalue weighted by atomic mass is 32.2. The number of carbonyl (C=O) groups is 1. The van der Waals surface area contributed by atoms with Gasteiger partial charge < -0.3 is 15.1 Å². The summed E-state index contributed by atoms with van der Waals surface area (Å²) in [6.07, 6.45) is 2.87. The van der Waals surface area contributed by atoms with Gasteiger partial charge in [-0.1, -0.05) is 42.5 Å². The van der Waals surface area contributed by atoms with Crippen LogP contribution < -0.4 is 5.32 Å². The van der Waals surface area contributed by atoms with Crippen molar-refractivity contribution in [2.45, 2.75) is 37.2 Å². The maximum absolute atomic E-state index is 12.0. The maximum Gasteiger partial charge on any atom is 0.222 e. The topological polar surface area (TPSA) is 47.9 Å². The van der Waals surface area contributed by atoms with Crippen molar-refractivity contribution in [3.8, 4) is 0 Å². The van der Waals surface area contributed by atoms with Gasteiger partial charge in [0.25, 0.3) is 0 Å². The molecule has 0 saturated carbocycles. The number of aliphatic imine (C=N–C) groups is 1. The van der Waals surface area contributed by atoms with E-state index < -0.39 is 0 Å². The molecule has 164 valence electrons. The van der Waals surface area contributed by atoms with Crippen LogP contribution in [-0.2, 0) is 17.9 Å². The fourth-order valence-corrected chi connectivity index (χ4v) is 5.41. The first kappa shape index (κ1) is 21.8. The maximum atomic E-state index is 12.0. The zero-order valence-electron chi connectivity index (χ0n) is 18.3. The van der Waals surface area contributed by atoms with Crippen LogP contribution in [0.1, 0.15) is 30.4 Å². The molecule has 2 heterocycles. The molecule has 0 radical (unpaired) electrons. The van der Waals surface area contributed by atoms with Crippen LogP contribution in [0, 0.1) is 5.92 Å². The van der Waals surface area contributed by atoms with Crippen molar-refractivity contribution in [1.82, 2.24) is 15.1 Å². The second-order valence-electron chi connectivity index (χ2n) is 8.31. The fraction of sp³-hybridized carbons (Fsp3) is 0.440. The van der Waals surface area contributed by atoms with Crippen LogP contribution in [0.5, 0.6) is 0 Å². The molecule has 1 N–H and O–H groups in total. The lowest BCUT2D eigenvalue weighted by Gasteiger charge is -2.23. The zero-order valence-corrected chi connectivity index (χ0v) is 19.1. The molecule has 2 aliphatic rings. The Morgan fingerprint density at radius 2 is 1.87 bits per heavy atom. The number of rotatable bonds is 7. The van der Waals surface area contributed by atoms with Crippen LogP contribution in [0.4, 0.5) is 0 Å². The number of nitrogens with one attached hydrogen (secondary N) is 1. The molecule has 1 atom stereocenters. The largest absolute Gasteiger partial charge is 0.352 e. The number of guanidine groups is 1. The number of hydrogen-bond donors (Lipinski definition) is 1. The lowest BCUT2D eigenvalue weighted by molar-refractivity contribution is -0.128. The molecule has 0 aromatic heterocycles. The summed E-state index contributed by atoms with van der Waals surface area (Å²) in [6.45, 7) is 4.40. The summed E-state index contributed by atoms with van der Waals surface area (Å²) in [5.74, 6) is 3.07. The quantitative estimate of drug-likeness (QED) is 0.405. The number of benzene rings is 2. The summed E-state index contributed by atoms with van der Waals surface area (Å²) < 4.78 is 0. The minimum Gasteiger partial charge on any atom is -0.352 e. The number of carbonyl (C=O) groups excluding carboxylic acids is 1. The van der Waals surface area contributed by atoms with Gasteiger partial charge in [0.05, 0.1) is 0 Å². The van der Waals surface area contributed by atoms with Gasteiger partial charge >= 0.3 is 0 Å². The number of nitrogens with zero attached hydrogens (tertiary/aromatic N) is 3. The Bertz CT molecular complexity index is 901. The number of amides is 1. The predicted molar refractivity (Wildman–Crippen MR) is 128 cm³/mol. The molecule has 1 unspecified atom stereocenters. The van der Waals surface area contributed by atoms with E-state index in [9.17, 15) is 4.79 Å². The minimum absolute atomic E-state index is 0.273. The predicted octanol–water partition coefficient (Wildman–Crippen LogP) is 4.00. The van der Waals surface area contributed by atoms with Gasteiger partial charge in [0.1, 0.15) is 0 Å². The number of thioether (sulfide) groups is 1. The smallest absolute Gasteiger partial charge is 0.222 e. The van der Waals surface area contributed by atoms with E-state index >= 15 is 0 Å². The van der Waals surface area contributed by atoms with Crippen molar-refractivity contribution in [3.05, 3.63) is 65.7 Å². The van der Waals surface area contributed by atoms with Crippen molar-refractivity contribution in [2.24, 2.45) is 10.9 Å². The first-order valence-corrected chi connectivity index (χ1v) is 12.2. The van der Waals surface area contributed by atoms with E-state index in [0.29, 0.717) is 18.9 Å². The summed E-state index contributed by atoms with van der Waals surface area (Å²) in [5, 5.41) is 3.56. The van der Waals surface area contributed by atoms with Crippen LogP contribution >= 0.6 is 11.8 Å². The Kier molecular flexibility index (Phi) is 7.52. The molecule has 0 spiro atoms. The van der Waals surface area contributed by atoms with Crippen molar-refractivity contribution in [2.75, 3.05) is 32.4 Å². The Hall–Kier alpha value is -2.47. The zero-order chi connectivity index (χ0) is 21.5. The number of hydrogen-bond acceptors (Lipinski definition) is 3. The van der Waals surface area contributed by atoms with Gasteiger partial charge in [-0.05, 0) is 42.0 Å². The summed E-state index contributed by atoms with van der Waals surface area (Å²) in [5.41, 5.74) is 2.46. The normalized spacial score (nSPS) is 19.3. The van der Waals surface area contributed by atoms with Crippen LogP contribution in [-0.4, -0.2) is 54.1 Å². The summed E-state index contributed by atoms with van der Waals surface area (Å²) in [7, 11) is 1.86. The molecular weight excluding hydrogens is 404 g/mol. The van der Waals surface area contributed by atoms with Crippen molar-refractivity contribution in [3.63, 3.8) is 0 Å². The molecule has 1 amide bonds. The molecule has 0 aliphatic carbocycles. The molecule has 31 heavy (non-hydrogen) atoms. The van der Waals surface area contributed by atoms with E-state index in [1.165, 1.54) is 22.4 Å². The summed E-state index contributed by atoms with van der Waals surface area (Å²) in [4.78, 5) is 22.3. The fourth-order valence-electron chi connectivity index (χ4n) is 4.36. The van der Waals surface area contributed by atoms with Crippen molar-refractivity contribution >= 4 is 23.6 Å². The molecule has 0 bridgehead atoms. The van der Waals surface area contributed by atoms with Gasteiger partial charge in [-0.3, -0.25) is 9.79 Å². The molecule has 2 aromatic rings. The highest BCUT2D eigenvalue weighted by Crippen LogP contribution is 2.26. The van der Waals surface area contributed by atoms with Crippen LogP contribution in [0.2, 0.25) is 0 Å². The van der Waals surface area contributed by atoms with Gasteiger partial charge in [-0.25, -0.2) is 0 Å². The highest BCUT2D eigenvalue weighted by molar-refractivity contribution is 7.99. The van der Waals surface area contributed by atoms with Gasteiger partial charge in [0.2, 0.25) is 5.91 Å². The second kappa shape index (κ2) is 10.7. The van der Waals surface area contributed by atoms with E-state index in [1.54, 1.807) is 0 Å². The lowest BCUT2D eigenvalue weighted by atomic mass is 10.1. The average molecular weight is 437 g/mol. The molecule has 2 saturated heterocycles. The molecule has 4 rings (SSSR count). The molecule has 2 fully saturated rings.